The van der Waals surface area contributed by atoms with E-state index in [2.05, 4.69) is 0 Å². The Labute approximate surface area is 49.7 Å². The summed E-state index contributed by atoms with van der Waals surface area (Å²) in [6.07, 6.45) is 0. The van der Waals surface area contributed by atoms with Gasteiger partial charge in [0.2, 0.25) is 0 Å². The highest BCUT2D eigenvalue weighted by Gasteiger charge is 2.42. The summed E-state index contributed by atoms with van der Waals surface area (Å²) >= 11 is 0. The van der Waals surface area contributed by atoms with Gasteiger partial charge < -0.3 is 10.4 Å². The topological polar surface area (TPSA) is 83.5 Å². The van der Waals surface area contributed by atoms with Crippen LogP contribution < -0.4 is 5.32 Å². The smallest absolute Gasteiger partial charge is 0.334 e. The molecule has 0 aromatic heterocycles. The van der Waals surface area contributed by atoms with Crippen molar-refractivity contribution in [2.75, 3.05) is 0 Å². The minimum absolute atomic E-state index is 0.817. The number of carboxylic acids is 1. The van der Waals surface area contributed by atoms with Crippen LogP contribution >= 0.6 is 0 Å². The Morgan fingerprint density at radius 1 is 1.56 bits per heavy atom. The molecule has 1 heterocycles. The first kappa shape index (κ1) is 5.74. The van der Waals surface area contributed by atoms with Crippen molar-refractivity contribution in [1.82, 2.24) is 5.32 Å². The standard InChI is InChI=1S/C4H3NO4/c6-2-1(4(8)9)5-3(2)7/h1H,(H,5,7)(H,8,9). The number of rotatable bonds is 1. The van der Waals surface area contributed by atoms with Crippen LogP contribution in [0.3, 0.4) is 0 Å². The summed E-state index contributed by atoms with van der Waals surface area (Å²) in [5.41, 5.74) is 0. The number of β-lactam (4-membered cyclic amide) rings is 1. The summed E-state index contributed by atoms with van der Waals surface area (Å²) in [6.45, 7) is 0. The SMILES string of the molecule is O=C1NC(C(=O)O)C1=O. The number of amides is 1. The summed E-state index contributed by atoms with van der Waals surface area (Å²) in [5, 5.41) is 9.99. The molecule has 1 saturated heterocycles. The summed E-state index contributed by atoms with van der Waals surface area (Å²) < 4.78 is 0. The molecule has 1 aliphatic rings. The van der Waals surface area contributed by atoms with Crippen molar-refractivity contribution >= 4 is 17.7 Å². The highest BCUT2D eigenvalue weighted by atomic mass is 16.4. The van der Waals surface area contributed by atoms with Gasteiger partial charge in [0.15, 0.2) is 6.04 Å². The quantitative estimate of drug-likeness (QED) is 0.247. The van der Waals surface area contributed by atoms with Crippen LogP contribution in [-0.4, -0.2) is 28.8 Å². The van der Waals surface area contributed by atoms with Crippen molar-refractivity contribution in [2.45, 2.75) is 6.04 Å². The zero-order chi connectivity index (χ0) is 7.02. The molecule has 5 heteroatoms. The molecule has 0 aliphatic carbocycles. The molecule has 2 N–H and O–H groups in total. The van der Waals surface area contributed by atoms with Crippen molar-refractivity contribution in [1.29, 1.82) is 0 Å². The van der Waals surface area contributed by atoms with E-state index in [-0.39, 0.29) is 0 Å². The van der Waals surface area contributed by atoms with E-state index in [9.17, 15) is 14.4 Å². The average Bonchev–Trinajstić information content (AvgIpc) is 1.81. The number of hydrogen-bond donors (Lipinski definition) is 2. The molecule has 1 rings (SSSR count). The fourth-order valence-electron chi connectivity index (χ4n) is 0.495. The van der Waals surface area contributed by atoms with Crippen molar-refractivity contribution < 1.29 is 19.5 Å². The highest BCUT2D eigenvalue weighted by molar-refractivity contribution is 6.48. The van der Waals surface area contributed by atoms with Crippen LogP contribution in [0.2, 0.25) is 0 Å². The lowest BCUT2D eigenvalue weighted by atomic mass is 10.1. The highest BCUT2D eigenvalue weighted by Crippen LogP contribution is 1.97. The monoisotopic (exact) mass is 129 g/mol. The van der Waals surface area contributed by atoms with Crippen LogP contribution in [0.25, 0.3) is 0 Å². The van der Waals surface area contributed by atoms with E-state index in [1.165, 1.54) is 0 Å². The van der Waals surface area contributed by atoms with E-state index in [1.54, 1.807) is 0 Å². The first-order chi connectivity index (χ1) is 4.13. The molecule has 0 saturated carbocycles. The van der Waals surface area contributed by atoms with Crippen molar-refractivity contribution in [3.63, 3.8) is 0 Å². The lowest BCUT2D eigenvalue weighted by Crippen LogP contribution is -2.62. The lowest BCUT2D eigenvalue weighted by molar-refractivity contribution is -0.156. The van der Waals surface area contributed by atoms with Crippen LogP contribution in [0.1, 0.15) is 0 Å². The predicted molar refractivity (Wildman–Crippen MR) is 24.6 cm³/mol. The van der Waals surface area contributed by atoms with E-state index < -0.39 is 23.7 Å². The Hall–Kier alpha value is -1.39. The maximum absolute atomic E-state index is 10.2. The molecule has 0 bridgehead atoms. The van der Waals surface area contributed by atoms with Gasteiger partial charge in [-0.1, -0.05) is 0 Å². The number of ketones is 1. The predicted octanol–water partition coefficient (Wildman–Crippen LogP) is -1.86. The number of aliphatic carboxylic acids is 1. The minimum Gasteiger partial charge on any atom is -0.479 e. The molecule has 5 nitrogen and oxygen atoms in total. The van der Waals surface area contributed by atoms with Crippen LogP contribution in [0, 0.1) is 0 Å². The van der Waals surface area contributed by atoms with Crippen molar-refractivity contribution in [3.8, 4) is 0 Å². The molecule has 1 fully saturated rings. The Kier molecular flexibility index (Phi) is 0.985. The third-order valence-corrected chi connectivity index (χ3v) is 1.01. The zero-order valence-corrected chi connectivity index (χ0v) is 4.25. The van der Waals surface area contributed by atoms with Gasteiger partial charge in [0.05, 0.1) is 0 Å². The normalized spacial score (nSPS) is 24.7. The molecule has 0 aromatic carbocycles. The van der Waals surface area contributed by atoms with Gasteiger partial charge in [-0.25, -0.2) is 4.79 Å². The largest absolute Gasteiger partial charge is 0.479 e. The summed E-state index contributed by atoms with van der Waals surface area (Å²) in [5.74, 6) is -3.00. The summed E-state index contributed by atoms with van der Waals surface area (Å²) in [7, 11) is 0. The van der Waals surface area contributed by atoms with Crippen LogP contribution in [0.4, 0.5) is 0 Å². The van der Waals surface area contributed by atoms with Crippen LogP contribution in [-0.2, 0) is 14.4 Å². The third kappa shape index (κ3) is 0.658. The van der Waals surface area contributed by atoms with E-state index in [4.69, 9.17) is 5.11 Å². The number of nitrogens with one attached hydrogen (secondary N) is 1. The Bertz CT molecular complexity index is 197. The maximum atomic E-state index is 10.2. The fraction of sp³-hybridized carbons (Fsp3) is 0.250. The Balaban J connectivity index is 2.62. The average molecular weight is 129 g/mol. The number of carbonyl (C=O) groups is 3. The third-order valence-electron chi connectivity index (χ3n) is 1.01. The van der Waals surface area contributed by atoms with Gasteiger partial charge in [-0.2, -0.15) is 0 Å². The molecule has 0 spiro atoms. The molecular formula is C4H3NO4. The molecular weight excluding hydrogens is 126 g/mol. The summed E-state index contributed by atoms with van der Waals surface area (Å²) in [6, 6.07) is -1.29. The van der Waals surface area contributed by atoms with E-state index in [0.717, 1.165) is 0 Å². The van der Waals surface area contributed by atoms with Gasteiger partial charge in [0, 0.05) is 0 Å². The van der Waals surface area contributed by atoms with Crippen LogP contribution in [0.5, 0.6) is 0 Å². The molecule has 1 unspecified atom stereocenters. The number of Topliss-reactive ketones (excluding diaryl/α,β-unsaturated/α-hetero) is 1. The van der Waals surface area contributed by atoms with Gasteiger partial charge in [-0.15, -0.1) is 0 Å². The first-order valence-electron chi connectivity index (χ1n) is 2.20. The molecule has 0 aromatic rings. The minimum atomic E-state index is -1.31. The Morgan fingerprint density at radius 2 is 2.11 bits per heavy atom. The maximum Gasteiger partial charge on any atom is 0.334 e. The second-order valence-electron chi connectivity index (χ2n) is 1.61. The molecule has 1 aliphatic heterocycles. The van der Waals surface area contributed by atoms with E-state index in [0.29, 0.717) is 0 Å². The molecule has 0 radical (unpaired) electrons. The van der Waals surface area contributed by atoms with Crippen molar-refractivity contribution in [2.24, 2.45) is 0 Å². The fourth-order valence-corrected chi connectivity index (χ4v) is 0.495. The van der Waals surface area contributed by atoms with E-state index in [1.807, 2.05) is 5.32 Å². The van der Waals surface area contributed by atoms with Gasteiger partial charge in [-0.3, -0.25) is 9.59 Å². The van der Waals surface area contributed by atoms with Gasteiger partial charge in [0.1, 0.15) is 0 Å². The zero-order valence-electron chi connectivity index (χ0n) is 4.25. The summed E-state index contributed by atoms with van der Waals surface area (Å²) in [4.78, 5) is 30.1. The number of hydrogen-bond acceptors (Lipinski definition) is 3. The van der Waals surface area contributed by atoms with Gasteiger partial charge in [0.25, 0.3) is 11.7 Å². The second kappa shape index (κ2) is 1.54. The van der Waals surface area contributed by atoms with Gasteiger partial charge in [-0.05, 0) is 0 Å². The first-order valence-corrected chi connectivity index (χ1v) is 2.20. The molecule has 1 atom stereocenters. The lowest BCUT2D eigenvalue weighted by Gasteiger charge is -2.19. The van der Waals surface area contributed by atoms with E-state index >= 15 is 0 Å². The molecule has 9 heavy (non-hydrogen) atoms. The molecule has 1 amide bonds. The van der Waals surface area contributed by atoms with Crippen molar-refractivity contribution in [3.05, 3.63) is 0 Å². The number of carboxylic acid groups (broad SMARTS) is 1. The van der Waals surface area contributed by atoms with Crippen LogP contribution in [0.15, 0.2) is 0 Å². The second-order valence-corrected chi connectivity index (χ2v) is 1.61. The van der Waals surface area contributed by atoms with Gasteiger partial charge >= 0.3 is 5.97 Å². The number of carbonyl (C=O) groups excluding carboxylic acids is 2. The Morgan fingerprint density at radius 3 is 2.22 bits per heavy atom. The molecule has 48 valence electrons.